The van der Waals surface area contributed by atoms with Crippen molar-refractivity contribution >= 4 is 41.4 Å². The normalized spacial score (nSPS) is 13.2. The number of anilines is 1. The monoisotopic (exact) mass is 477 g/mol. The fourth-order valence-corrected chi connectivity index (χ4v) is 3.64. The first kappa shape index (κ1) is 24.3. The van der Waals surface area contributed by atoms with Gasteiger partial charge in [0, 0.05) is 18.4 Å². The molecule has 0 unspecified atom stereocenters. The molecule has 0 saturated heterocycles. The van der Waals surface area contributed by atoms with Crippen LogP contribution in [0.5, 0.6) is 5.75 Å². The molecule has 1 atom stereocenters. The molecule has 2 heterocycles. The number of aromatic nitrogens is 1. The Morgan fingerprint density at radius 2 is 2.03 bits per heavy atom. The van der Waals surface area contributed by atoms with E-state index in [0.29, 0.717) is 28.4 Å². The molecular formula is C22H24ClN3O7. The van der Waals surface area contributed by atoms with Gasteiger partial charge in [0.1, 0.15) is 12.4 Å². The number of aromatic amines is 1. The van der Waals surface area contributed by atoms with Crippen LogP contribution >= 0.6 is 11.6 Å². The summed E-state index contributed by atoms with van der Waals surface area (Å²) in [5, 5.41) is 3.04. The van der Waals surface area contributed by atoms with E-state index in [-0.39, 0.29) is 43.3 Å². The lowest BCUT2D eigenvalue weighted by molar-refractivity contribution is -0.155. The number of amides is 2. The number of esters is 1. The van der Waals surface area contributed by atoms with Crippen LogP contribution in [-0.2, 0) is 25.5 Å². The largest absolute Gasteiger partial charge is 0.490 e. The molecule has 0 saturated carbocycles. The number of hydrogen-bond donors (Lipinski definition) is 2. The SMILES string of the molecule is COC(=O)[C@@H](CN(C)C(=O)c1cc(C)[nH]c1C=O)OCCOc1cc2c(cc1Cl)NC(=O)C2. The first-order valence-electron chi connectivity index (χ1n) is 10.1. The standard InChI is InChI=1S/C22H24ClN3O7/c1-12-6-14(17(11-27)24-12)21(29)26(2)10-19(22(30)31-3)33-5-4-32-18-7-13-8-20(28)25-16(13)9-15(18)23/h6-7,9,11,19,24H,4-5,8,10H2,1-3H3,(H,25,28)/t19-/m1/s1. The third kappa shape index (κ3) is 5.71. The molecular weight excluding hydrogens is 454 g/mol. The van der Waals surface area contributed by atoms with Crippen molar-refractivity contribution < 1.29 is 33.4 Å². The lowest BCUT2D eigenvalue weighted by Crippen LogP contribution is -2.41. The van der Waals surface area contributed by atoms with E-state index in [9.17, 15) is 19.2 Å². The van der Waals surface area contributed by atoms with Gasteiger partial charge in [-0.1, -0.05) is 11.6 Å². The number of nitrogens with zero attached hydrogens (tertiary/aromatic N) is 1. The Kier molecular flexibility index (Phi) is 7.72. The van der Waals surface area contributed by atoms with Gasteiger partial charge < -0.3 is 29.4 Å². The quantitative estimate of drug-likeness (QED) is 0.304. The minimum Gasteiger partial charge on any atom is -0.490 e. The Bertz CT molecular complexity index is 1080. The average Bonchev–Trinajstić information content (AvgIpc) is 3.34. The number of rotatable bonds is 10. The highest BCUT2D eigenvalue weighted by Crippen LogP contribution is 2.34. The number of carbonyl (C=O) groups is 4. The second-order valence-corrected chi connectivity index (χ2v) is 7.89. The fourth-order valence-electron chi connectivity index (χ4n) is 3.42. The van der Waals surface area contributed by atoms with Crippen LogP contribution < -0.4 is 10.1 Å². The number of fused-ring (bicyclic) bond motifs is 1. The summed E-state index contributed by atoms with van der Waals surface area (Å²) in [6.07, 6.45) is -0.253. The first-order chi connectivity index (χ1) is 15.7. The summed E-state index contributed by atoms with van der Waals surface area (Å²) >= 11 is 6.20. The van der Waals surface area contributed by atoms with Crippen LogP contribution in [0.15, 0.2) is 18.2 Å². The van der Waals surface area contributed by atoms with E-state index >= 15 is 0 Å². The van der Waals surface area contributed by atoms with E-state index in [4.69, 9.17) is 25.8 Å². The zero-order valence-electron chi connectivity index (χ0n) is 18.4. The Balaban J connectivity index is 1.57. The number of benzene rings is 1. The van der Waals surface area contributed by atoms with Crippen molar-refractivity contribution in [3.63, 3.8) is 0 Å². The Morgan fingerprint density at radius 3 is 2.73 bits per heavy atom. The van der Waals surface area contributed by atoms with Gasteiger partial charge in [-0.2, -0.15) is 0 Å². The predicted octanol–water partition coefficient (Wildman–Crippen LogP) is 1.99. The Hall–Kier alpha value is -3.37. The van der Waals surface area contributed by atoms with Gasteiger partial charge in [-0.25, -0.2) is 4.79 Å². The van der Waals surface area contributed by atoms with E-state index in [1.54, 1.807) is 25.1 Å². The van der Waals surface area contributed by atoms with Crippen LogP contribution in [0.25, 0.3) is 0 Å². The summed E-state index contributed by atoms with van der Waals surface area (Å²) in [4.78, 5) is 51.7. The smallest absolute Gasteiger partial charge is 0.336 e. The molecule has 0 fully saturated rings. The molecule has 0 spiro atoms. The van der Waals surface area contributed by atoms with Crippen molar-refractivity contribution in [2.24, 2.45) is 0 Å². The highest BCUT2D eigenvalue weighted by Gasteiger charge is 2.26. The molecule has 2 N–H and O–H groups in total. The van der Waals surface area contributed by atoms with Crippen LogP contribution in [0.1, 0.15) is 32.1 Å². The van der Waals surface area contributed by atoms with E-state index in [0.717, 1.165) is 5.56 Å². The molecule has 1 aromatic carbocycles. The molecule has 2 aromatic rings. The minimum atomic E-state index is -1.07. The van der Waals surface area contributed by atoms with Crippen LogP contribution in [0, 0.1) is 6.92 Å². The highest BCUT2D eigenvalue weighted by atomic mass is 35.5. The lowest BCUT2D eigenvalue weighted by atomic mass is 10.1. The number of aryl methyl sites for hydroxylation is 1. The second-order valence-electron chi connectivity index (χ2n) is 7.48. The molecule has 1 aliphatic rings. The molecule has 3 rings (SSSR count). The topological polar surface area (TPSA) is 127 Å². The predicted molar refractivity (Wildman–Crippen MR) is 119 cm³/mol. The van der Waals surface area contributed by atoms with Crippen LogP contribution in [0.4, 0.5) is 5.69 Å². The van der Waals surface area contributed by atoms with Crippen LogP contribution in [-0.4, -0.2) is 74.0 Å². The molecule has 2 amide bonds. The molecule has 1 aliphatic heterocycles. The van der Waals surface area contributed by atoms with Crippen molar-refractivity contribution in [3.05, 3.63) is 45.7 Å². The Morgan fingerprint density at radius 1 is 1.27 bits per heavy atom. The number of methoxy groups -OCH3 is 1. The van der Waals surface area contributed by atoms with Crippen LogP contribution in [0.3, 0.4) is 0 Å². The van der Waals surface area contributed by atoms with E-state index in [1.807, 2.05) is 0 Å². The lowest BCUT2D eigenvalue weighted by Gasteiger charge is -2.23. The molecule has 11 heteroatoms. The van der Waals surface area contributed by atoms with Gasteiger partial charge >= 0.3 is 5.97 Å². The maximum atomic E-state index is 12.7. The van der Waals surface area contributed by atoms with Gasteiger partial charge in [0.15, 0.2) is 12.4 Å². The highest BCUT2D eigenvalue weighted by molar-refractivity contribution is 6.32. The van der Waals surface area contributed by atoms with Gasteiger partial charge in [-0.05, 0) is 30.7 Å². The molecule has 0 radical (unpaired) electrons. The number of ether oxygens (including phenoxy) is 3. The van der Waals surface area contributed by atoms with Crippen molar-refractivity contribution in [2.45, 2.75) is 19.4 Å². The third-order valence-electron chi connectivity index (χ3n) is 5.02. The molecule has 0 bridgehead atoms. The van der Waals surface area contributed by atoms with Crippen molar-refractivity contribution in [1.29, 1.82) is 0 Å². The summed E-state index contributed by atoms with van der Waals surface area (Å²) in [6, 6.07) is 4.86. The van der Waals surface area contributed by atoms with E-state index in [2.05, 4.69) is 10.3 Å². The molecule has 176 valence electrons. The van der Waals surface area contributed by atoms with Gasteiger partial charge in [0.25, 0.3) is 5.91 Å². The van der Waals surface area contributed by atoms with Crippen molar-refractivity contribution in [3.8, 4) is 5.75 Å². The fraction of sp³-hybridized carbons (Fsp3) is 0.364. The summed E-state index contributed by atoms with van der Waals surface area (Å²) in [7, 11) is 2.71. The summed E-state index contributed by atoms with van der Waals surface area (Å²) in [5.41, 5.74) is 2.47. The maximum Gasteiger partial charge on any atom is 0.336 e. The number of H-pyrrole nitrogens is 1. The van der Waals surface area contributed by atoms with Gasteiger partial charge in [-0.3, -0.25) is 14.4 Å². The molecule has 10 nitrogen and oxygen atoms in total. The molecule has 0 aliphatic carbocycles. The van der Waals surface area contributed by atoms with Crippen molar-refractivity contribution in [1.82, 2.24) is 9.88 Å². The number of aldehydes is 1. The molecule has 1 aromatic heterocycles. The number of likely N-dealkylation sites (N-methyl/N-ethyl adjacent to an activating group) is 1. The molecule has 33 heavy (non-hydrogen) atoms. The zero-order valence-corrected chi connectivity index (χ0v) is 19.2. The van der Waals surface area contributed by atoms with Gasteiger partial charge in [0.2, 0.25) is 5.91 Å². The number of carbonyl (C=O) groups excluding carboxylic acids is 4. The van der Waals surface area contributed by atoms with Crippen molar-refractivity contribution in [2.75, 3.05) is 39.2 Å². The third-order valence-corrected chi connectivity index (χ3v) is 5.32. The Labute approximate surface area is 195 Å². The van der Waals surface area contributed by atoms with Gasteiger partial charge in [0.05, 0.1) is 43.0 Å². The average molecular weight is 478 g/mol. The minimum absolute atomic E-state index is 0.00917. The number of nitrogens with one attached hydrogen (secondary N) is 2. The summed E-state index contributed by atoms with van der Waals surface area (Å²) < 4.78 is 16.0. The zero-order chi connectivity index (χ0) is 24.1. The van der Waals surface area contributed by atoms with Gasteiger partial charge in [-0.15, -0.1) is 0 Å². The maximum absolute atomic E-state index is 12.7. The summed E-state index contributed by atoms with van der Waals surface area (Å²) in [5.74, 6) is -0.822. The van der Waals surface area contributed by atoms with Crippen LogP contribution in [0.2, 0.25) is 5.02 Å². The summed E-state index contributed by atoms with van der Waals surface area (Å²) in [6.45, 7) is 1.71. The second kappa shape index (κ2) is 10.5. The van der Waals surface area contributed by atoms with E-state index in [1.165, 1.54) is 19.1 Å². The first-order valence-corrected chi connectivity index (χ1v) is 10.5. The van der Waals surface area contributed by atoms with E-state index < -0.39 is 18.0 Å². The number of halogens is 1. The number of hydrogen-bond acceptors (Lipinski definition) is 7.